The molecule has 1 aromatic rings. The second-order valence-electron chi connectivity index (χ2n) is 6.17. The van der Waals surface area contributed by atoms with E-state index in [4.69, 9.17) is 0 Å². The molecule has 19 heavy (non-hydrogen) atoms. The second kappa shape index (κ2) is 4.71. The quantitative estimate of drug-likeness (QED) is 0.906. The van der Waals surface area contributed by atoms with Crippen LogP contribution in [-0.2, 0) is 16.6 Å². The molecule has 0 aliphatic heterocycles. The molecule has 3 rings (SSSR count). The first-order chi connectivity index (χ1) is 9.18. The summed E-state index contributed by atoms with van der Waals surface area (Å²) in [6.45, 7) is 2.33. The van der Waals surface area contributed by atoms with Crippen molar-refractivity contribution in [3.63, 3.8) is 0 Å². The van der Waals surface area contributed by atoms with Crippen molar-refractivity contribution in [1.82, 2.24) is 4.98 Å². The van der Waals surface area contributed by atoms with E-state index >= 15 is 0 Å². The van der Waals surface area contributed by atoms with Crippen molar-refractivity contribution < 1.29 is 9.90 Å². The van der Waals surface area contributed by atoms with Crippen LogP contribution in [0.3, 0.4) is 0 Å². The molecule has 1 fully saturated rings. The standard InChI is InChI=1S/C16H21NO2/c1-11-8-12-10-14-13(4-2-6-17-14)16(12,5-3-7-18)15(19)9-11/h2,4,6,11-12,18H,3,5,7-10H2,1H3/t11-,12+,16+/m0/s1. The number of aliphatic hydroxyl groups excluding tert-OH is 1. The molecule has 0 aromatic carbocycles. The number of aliphatic hydroxyl groups is 1. The SMILES string of the molecule is C[C@@H]1CC(=O)[C@@]2(CCCO)c3cccnc3C[C@H]2C1. The molecule has 102 valence electrons. The molecule has 0 amide bonds. The smallest absolute Gasteiger partial charge is 0.144 e. The molecule has 1 aromatic heterocycles. The van der Waals surface area contributed by atoms with Crippen molar-refractivity contribution >= 4 is 5.78 Å². The predicted molar refractivity (Wildman–Crippen MR) is 72.8 cm³/mol. The van der Waals surface area contributed by atoms with Gasteiger partial charge in [-0.1, -0.05) is 13.0 Å². The van der Waals surface area contributed by atoms with Crippen LogP contribution in [0.1, 0.15) is 43.9 Å². The van der Waals surface area contributed by atoms with Gasteiger partial charge in [-0.2, -0.15) is 0 Å². The molecular weight excluding hydrogens is 238 g/mol. The van der Waals surface area contributed by atoms with Crippen LogP contribution in [0.4, 0.5) is 0 Å². The highest BCUT2D eigenvalue weighted by molar-refractivity contribution is 5.92. The van der Waals surface area contributed by atoms with Gasteiger partial charge in [0.2, 0.25) is 0 Å². The molecule has 0 saturated heterocycles. The van der Waals surface area contributed by atoms with Crippen molar-refractivity contribution in [2.24, 2.45) is 11.8 Å². The number of rotatable bonds is 3. The summed E-state index contributed by atoms with van der Waals surface area (Å²) >= 11 is 0. The summed E-state index contributed by atoms with van der Waals surface area (Å²) in [6, 6.07) is 4.01. The summed E-state index contributed by atoms with van der Waals surface area (Å²) in [7, 11) is 0. The largest absolute Gasteiger partial charge is 0.396 e. The Morgan fingerprint density at radius 3 is 3.11 bits per heavy atom. The number of hydrogen-bond donors (Lipinski definition) is 1. The van der Waals surface area contributed by atoms with Crippen LogP contribution in [0, 0.1) is 11.8 Å². The van der Waals surface area contributed by atoms with Crippen molar-refractivity contribution in [2.45, 2.75) is 44.4 Å². The molecule has 0 unspecified atom stereocenters. The van der Waals surface area contributed by atoms with E-state index in [1.807, 2.05) is 12.3 Å². The molecule has 1 saturated carbocycles. The minimum absolute atomic E-state index is 0.160. The molecule has 1 N–H and O–H groups in total. The zero-order chi connectivity index (χ0) is 13.5. The monoisotopic (exact) mass is 259 g/mol. The number of ketones is 1. The minimum Gasteiger partial charge on any atom is -0.396 e. The third-order valence-electron chi connectivity index (χ3n) is 4.96. The lowest BCUT2D eigenvalue weighted by atomic mass is 9.61. The van der Waals surface area contributed by atoms with E-state index in [9.17, 15) is 9.90 Å². The van der Waals surface area contributed by atoms with E-state index in [0.29, 0.717) is 30.5 Å². The van der Waals surface area contributed by atoms with Crippen molar-refractivity contribution in [1.29, 1.82) is 0 Å². The van der Waals surface area contributed by atoms with Gasteiger partial charge in [0.05, 0.1) is 5.41 Å². The Kier molecular flexibility index (Phi) is 3.17. The first-order valence-corrected chi connectivity index (χ1v) is 7.27. The molecule has 0 radical (unpaired) electrons. The van der Waals surface area contributed by atoms with E-state index in [1.54, 1.807) is 0 Å². The highest BCUT2D eigenvalue weighted by Gasteiger charge is 2.54. The lowest BCUT2D eigenvalue weighted by Gasteiger charge is -2.41. The highest BCUT2D eigenvalue weighted by atomic mass is 16.3. The van der Waals surface area contributed by atoms with Crippen molar-refractivity contribution in [3.05, 3.63) is 29.6 Å². The fourth-order valence-electron chi connectivity index (χ4n) is 4.20. The summed E-state index contributed by atoms with van der Waals surface area (Å²) in [5.74, 6) is 1.24. The maximum atomic E-state index is 12.8. The molecule has 2 aliphatic carbocycles. The first kappa shape index (κ1) is 12.8. The van der Waals surface area contributed by atoms with Crippen molar-refractivity contribution in [2.75, 3.05) is 6.61 Å². The molecule has 3 heteroatoms. The minimum atomic E-state index is -0.348. The van der Waals surface area contributed by atoms with E-state index in [0.717, 1.165) is 30.5 Å². The lowest BCUT2D eigenvalue weighted by molar-refractivity contribution is -0.130. The average molecular weight is 259 g/mol. The zero-order valence-corrected chi connectivity index (χ0v) is 11.4. The molecule has 3 nitrogen and oxygen atoms in total. The van der Waals surface area contributed by atoms with Crippen molar-refractivity contribution in [3.8, 4) is 0 Å². The maximum Gasteiger partial charge on any atom is 0.144 e. The van der Waals surface area contributed by atoms with Crippen LogP contribution < -0.4 is 0 Å². The number of nitrogens with zero attached hydrogens (tertiary/aromatic N) is 1. The van der Waals surface area contributed by atoms with Gasteiger partial charge in [0, 0.05) is 24.9 Å². The van der Waals surface area contributed by atoms with Gasteiger partial charge in [0.25, 0.3) is 0 Å². The van der Waals surface area contributed by atoms with E-state index in [1.165, 1.54) is 0 Å². The Balaban J connectivity index is 2.07. The molecule has 3 atom stereocenters. The van der Waals surface area contributed by atoms with Gasteiger partial charge in [-0.3, -0.25) is 9.78 Å². The Labute approximate surface area is 114 Å². The van der Waals surface area contributed by atoms with Crippen LogP contribution in [0.5, 0.6) is 0 Å². The predicted octanol–water partition coefficient (Wildman–Crippen LogP) is 2.26. The molecular formula is C16H21NO2. The average Bonchev–Trinajstić information content (AvgIpc) is 2.71. The third-order valence-corrected chi connectivity index (χ3v) is 4.96. The topological polar surface area (TPSA) is 50.2 Å². The normalized spacial score (nSPS) is 33.1. The fourth-order valence-corrected chi connectivity index (χ4v) is 4.20. The number of fused-ring (bicyclic) bond motifs is 3. The number of aromatic nitrogens is 1. The van der Waals surface area contributed by atoms with Gasteiger partial charge >= 0.3 is 0 Å². The highest BCUT2D eigenvalue weighted by Crippen LogP contribution is 2.52. The summed E-state index contributed by atoms with van der Waals surface area (Å²) in [5.41, 5.74) is 1.90. The van der Waals surface area contributed by atoms with Gasteiger partial charge in [-0.05, 0) is 49.1 Å². The molecule has 2 aliphatic rings. The zero-order valence-electron chi connectivity index (χ0n) is 11.4. The van der Waals surface area contributed by atoms with Crippen LogP contribution in [-0.4, -0.2) is 22.5 Å². The van der Waals surface area contributed by atoms with Gasteiger partial charge in [-0.25, -0.2) is 0 Å². The summed E-state index contributed by atoms with van der Waals surface area (Å²) in [5, 5.41) is 9.17. The fraction of sp³-hybridized carbons (Fsp3) is 0.625. The van der Waals surface area contributed by atoms with E-state index in [2.05, 4.69) is 18.0 Å². The number of pyridine rings is 1. The Hall–Kier alpha value is -1.22. The van der Waals surface area contributed by atoms with Gasteiger partial charge in [-0.15, -0.1) is 0 Å². The number of carbonyl (C=O) groups excluding carboxylic acids is 1. The Morgan fingerprint density at radius 1 is 1.47 bits per heavy atom. The summed E-state index contributed by atoms with van der Waals surface area (Å²) < 4.78 is 0. The molecule has 0 spiro atoms. The lowest BCUT2D eigenvalue weighted by Crippen LogP contribution is -2.45. The number of hydrogen-bond acceptors (Lipinski definition) is 3. The van der Waals surface area contributed by atoms with Crippen LogP contribution in [0.25, 0.3) is 0 Å². The van der Waals surface area contributed by atoms with Crippen LogP contribution >= 0.6 is 0 Å². The summed E-state index contributed by atoms with van der Waals surface area (Å²) in [6.07, 6.45) is 6.01. The molecule has 1 heterocycles. The second-order valence-corrected chi connectivity index (χ2v) is 6.17. The van der Waals surface area contributed by atoms with E-state index in [-0.39, 0.29) is 12.0 Å². The number of Topliss-reactive ketones (excluding diaryl/α,β-unsaturated/α-hetero) is 1. The molecule has 0 bridgehead atoms. The number of carbonyl (C=O) groups is 1. The summed E-state index contributed by atoms with van der Waals surface area (Å²) in [4.78, 5) is 17.2. The Morgan fingerprint density at radius 2 is 2.32 bits per heavy atom. The Bertz CT molecular complexity index is 499. The van der Waals surface area contributed by atoms with Crippen LogP contribution in [0.15, 0.2) is 18.3 Å². The third kappa shape index (κ3) is 1.83. The van der Waals surface area contributed by atoms with E-state index < -0.39 is 0 Å². The first-order valence-electron chi connectivity index (χ1n) is 7.27. The maximum absolute atomic E-state index is 12.8. The van der Waals surface area contributed by atoms with Gasteiger partial charge in [0.15, 0.2) is 0 Å². The van der Waals surface area contributed by atoms with Gasteiger partial charge in [0.1, 0.15) is 5.78 Å². The van der Waals surface area contributed by atoms with Crippen LogP contribution in [0.2, 0.25) is 0 Å². The van der Waals surface area contributed by atoms with Gasteiger partial charge < -0.3 is 5.11 Å².